The minimum atomic E-state index is -3.01. The van der Waals surface area contributed by atoms with E-state index in [1.54, 1.807) is 0 Å². The van der Waals surface area contributed by atoms with Crippen molar-refractivity contribution in [1.82, 2.24) is 4.98 Å². The van der Waals surface area contributed by atoms with Gasteiger partial charge in [0.05, 0.1) is 17.9 Å². The zero-order valence-corrected chi connectivity index (χ0v) is 11.7. The van der Waals surface area contributed by atoms with Crippen molar-refractivity contribution in [3.63, 3.8) is 0 Å². The quantitative estimate of drug-likeness (QED) is 0.853. The lowest BCUT2D eigenvalue weighted by molar-refractivity contribution is -0.0495. The molecule has 0 bridgehead atoms. The number of rotatable bonds is 4. The largest absolute Gasteiger partial charge is 0.434 e. The zero-order valence-electron chi connectivity index (χ0n) is 10.9. The van der Waals surface area contributed by atoms with Gasteiger partial charge >= 0.3 is 6.61 Å². The van der Waals surface area contributed by atoms with Gasteiger partial charge in [0.2, 0.25) is 0 Å². The van der Waals surface area contributed by atoms with E-state index >= 15 is 0 Å². The molecule has 2 aromatic rings. The zero-order chi connectivity index (χ0) is 14.8. The van der Waals surface area contributed by atoms with Crippen LogP contribution in [0, 0.1) is 5.82 Å². The molecular formula is C14H12F3NO2S. The molecule has 7 heteroatoms. The van der Waals surface area contributed by atoms with Crippen LogP contribution < -0.4 is 4.74 Å². The number of alkyl halides is 2. The van der Waals surface area contributed by atoms with Gasteiger partial charge in [-0.2, -0.15) is 8.78 Å². The normalized spacial score (nSPS) is 18.4. The predicted octanol–water partition coefficient (Wildman–Crippen LogP) is 4.05. The van der Waals surface area contributed by atoms with Gasteiger partial charge in [-0.25, -0.2) is 9.37 Å². The van der Waals surface area contributed by atoms with Gasteiger partial charge in [-0.1, -0.05) is 6.07 Å². The Hall–Kier alpha value is -1.60. The lowest BCUT2D eigenvalue weighted by Crippen LogP contribution is -2.04. The molecule has 0 saturated carbocycles. The van der Waals surface area contributed by atoms with Gasteiger partial charge in [-0.15, -0.1) is 11.3 Å². The van der Waals surface area contributed by atoms with Crippen LogP contribution in [0.1, 0.15) is 18.0 Å². The van der Waals surface area contributed by atoms with Crippen molar-refractivity contribution >= 4 is 11.3 Å². The van der Waals surface area contributed by atoms with Crippen LogP contribution in [-0.4, -0.2) is 24.8 Å². The van der Waals surface area contributed by atoms with Crippen molar-refractivity contribution in [1.29, 1.82) is 0 Å². The molecule has 1 aliphatic rings. The molecule has 112 valence electrons. The van der Waals surface area contributed by atoms with E-state index in [4.69, 9.17) is 4.74 Å². The number of thiazole rings is 1. The molecule has 1 atom stereocenters. The molecule has 1 aromatic heterocycles. The summed E-state index contributed by atoms with van der Waals surface area (Å²) < 4.78 is 48.5. The Morgan fingerprint density at radius 2 is 2.24 bits per heavy atom. The van der Waals surface area contributed by atoms with Gasteiger partial charge in [0, 0.05) is 17.9 Å². The average molecular weight is 315 g/mol. The summed E-state index contributed by atoms with van der Waals surface area (Å²) in [5.74, 6) is -0.647. The van der Waals surface area contributed by atoms with Crippen LogP contribution in [0.2, 0.25) is 0 Å². The fraction of sp³-hybridized carbons (Fsp3) is 0.357. The number of hydrogen-bond donors (Lipinski definition) is 0. The lowest BCUT2D eigenvalue weighted by atomic mass is 10.1. The maximum Gasteiger partial charge on any atom is 0.387 e. The lowest BCUT2D eigenvalue weighted by Gasteiger charge is -2.09. The molecular weight excluding hydrogens is 303 g/mol. The standard InChI is InChI=1S/C14H12F3NO2S/c15-9-2-1-3-11(20-14(16)17)12(9)13-18-10(7-21-13)8-4-5-19-6-8/h1-3,7-8,14H,4-6H2/t8-/m1/s1. The number of aromatic nitrogens is 1. The number of ether oxygens (including phenoxy) is 2. The first-order chi connectivity index (χ1) is 10.1. The highest BCUT2D eigenvalue weighted by Gasteiger charge is 2.23. The van der Waals surface area contributed by atoms with Crippen LogP contribution in [-0.2, 0) is 4.74 Å². The minimum absolute atomic E-state index is 0.0204. The van der Waals surface area contributed by atoms with E-state index in [1.807, 2.05) is 5.38 Å². The van der Waals surface area contributed by atoms with Crippen molar-refractivity contribution in [3.05, 3.63) is 35.1 Å². The summed E-state index contributed by atoms with van der Waals surface area (Å²) in [7, 11) is 0. The van der Waals surface area contributed by atoms with Crippen LogP contribution in [0.15, 0.2) is 23.6 Å². The average Bonchev–Trinajstić information content (AvgIpc) is 3.08. The number of hydrogen-bond acceptors (Lipinski definition) is 4. The van der Waals surface area contributed by atoms with Gasteiger partial charge in [-0.3, -0.25) is 0 Å². The first kappa shape index (κ1) is 14.3. The van der Waals surface area contributed by atoms with Crippen molar-refractivity contribution in [3.8, 4) is 16.3 Å². The van der Waals surface area contributed by atoms with Gasteiger partial charge in [0.1, 0.15) is 16.6 Å². The van der Waals surface area contributed by atoms with E-state index in [2.05, 4.69) is 9.72 Å². The monoisotopic (exact) mass is 315 g/mol. The molecule has 0 unspecified atom stereocenters. The Labute approximate surface area is 123 Å². The van der Waals surface area contributed by atoms with Crippen LogP contribution in [0.5, 0.6) is 5.75 Å². The molecule has 3 rings (SSSR count). The number of halogens is 3. The van der Waals surface area contributed by atoms with Gasteiger partial charge in [0.25, 0.3) is 0 Å². The third-order valence-electron chi connectivity index (χ3n) is 3.28. The first-order valence-electron chi connectivity index (χ1n) is 6.42. The molecule has 0 radical (unpaired) electrons. The highest BCUT2D eigenvalue weighted by atomic mass is 32.1. The van der Waals surface area contributed by atoms with Crippen LogP contribution in [0.25, 0.3) is 10.6 Å². The number of benzene rings is 1. The molecule has 0 spiro atoms. The van der Waals surface area contributed by atoms with E-state index < -0.39 is 12.4 Å². The van der Waals surface area contributed by atoms with E-state index in [1.165, 1.54) is 29.5 Å². The molecule has 21 heavy (non-hydrogen) atoms. The molecule has 1 aliphatic heterocycles. The maximum atomic E-state index is 14.0. The molecule has 2 heterocycles. The molecule has 0 amide bonds. The van der Waals surface area contributed by atoms with Gasteiger partial charge < -0.3 is 9.47 Å². The first-order valence-corrected chi connectivity index (χ1v) is 7.30. The fourth-order valence-electron chi connectivity index (χ4n) is 2.26. The molecule has 1 saturated heterocycles. The van der Waals surface area contributed by atoms with Crippen molar-refractivity contribution in [2.45, 2.75) is 19.0 Å². The Kier molecular flexibility index (Phi) is 4.12. The second kappa shape index (κ2) is 6.03. The van der Waals surface area contributed by atoms with Crippen molar-refractivity contribution in [2.75, 3.05) is 13.2 Å². The van der Waals surface area contributed by atoms with Crippen LogP contribution >= 0.6 is 11.3 Å². The Morgan fingerprint density at radius 3 is 2.95 bits per heavy atom. The third-order valence-corrected chi connectivity index (χ3v) is 4.15. The van der Waals surface area contributed by atoms with Gasteiger partial charge in [-0.05, 0) is 18.6 Å². The molecule has 0 aliphatic carbocycles. The Bertz CT molecular complexity index is 626. The second-order valence-electron chi connectivity index (χ2n) is 4.63. The molecule has 0 N–H and O–H groups in total. The summed E-state index contributed by atoms with van der Waals surface area (Å²) in [5.41, 5.74) is 0.784. The summed E-state index contributed by atoms with van der Waals surface area (Å²) in [6, 6.07) is 3.84. The van der Waals surface area contributed by atoms with Crippen LogP contribution in [0.3, 0.4) is 0 Å². The highest BCUT2D eigenvalue weighted by molar-refractivity contribution is 7.13. The van der Waals surface area contributed by atoms with Gasteiger partial charge in [0.15, 0.2) is 0 Å². The van der Waals surface area contributed by atoms with E-state index in [0.717, 1.165) is 12.1 Å². The molecule has 3 nitrogen and oxygen atoms in total. The molecule has 1 fully saturated rings. The number of nitrogens with zero attached hydrogens (tertiary/aromatic N) is 1. The predicted molar refractivity (Wildman–Crippen MR) is 72.3 cm³/mol. The van der Waals surface area contributed by atoms with E-state index in [-0.39, 0.29) is 17.2 Å². The smallest absolute Gasteiger partial charge is 0.387 e. The van der Waals surface area contributed by atoms with Crippen LogP contribution in [0.4, 0.5) is 13.2 Å². The van der Waals surface area contributed by atoms with Crippen molar-refractivity contribution in [2.24, 2.45) is 0 Å². The maximum absolute atomic E-state index is 14.0. The topological polar surface area (TPSA) is 31.4 Å². The summed E-state index contributed by atoms with van der Waals surface area (Å²) in [4.78, 5) is 4.36. The Balaban J connectivity index is 1.96. The summed E-state index contributed by atoms with van der Waals surface area (Å²) in [6.07, 6.45) is 0.862. The summed E-state index contributed by atoms with van der Waals surface area (Å²) in [6.45, 7) is -1.74. The van der Waals surface area contributed by atoms with E-state index in [0.29, 0.717) is 18.2 Å². The minimum Gasteiger partial charge on any atom is -0.434 e. The summed E-state index contributed by atoms with van der Waals surface area (Å²) in [5, 5.41) is 2.15. The SMILES string of the molecule is Fc1cccc(OC(F)F)c1-c1nc([C@@H]2CCOC2)cs1. The second-order valence-corrected chi connectivity index (χ2v) is 5.49. The summed E-state index contributed by atoms with van der Waals surface area (Å²) >= 11 is 1.21. The fourth-order valence-corrected chi connectivity index (χ4v) is 3.21. The molecule has 1 aromatic carbocycles. The Morgan fingerprint density at radius 1 is 1.38 bits per heavy atom. The third kappa shape index (κ3) is 3.03. The highest BCUT2D eigenvalue weighted by Crippen LogP contribution is 2.37. The van der Waals surface area contributed by atoms with Crippen molar-refractivity contribution < 1.29 is 22.6 Å². The van der Waals surface area contributed by atoms with E-state index in [9.17, 15) is 13.2 Å².